The first-order valence-electron chi connectivity index (χ1n) is 0.548. The van der Waals surface area contributed by atoms with Crippen molar-refractivity contribution in [3.63, 3.8) is 0 Å². The third kappa shape index (κ3) is 59.6. The second-order valence-corrected chi connectivity index (χ2v) is 0.671. The van der Waals surface area contributed by atoms with Gasteiger partial charge in [-0.1, -0.05) is 0 Å². The van der Waals surface area contributed by atoms with E-state index in [0.29, 0.717) is 0 Å². The Hall–Kier alpha value is 1.27. The van der Waals surface area contributed by atoms with E-state index in [9.17, 15) is 0 Å². The minimum absolute atomic E-state index is 0. The zero-order chi connectivity index (χ0) is 3.58. The third-order valence-electron chi connectivity index (χ3n) is 0. The molecule has 0 unspecified atom stereocenters. The van der Waals surface area contributed by atoms with Crippen LogP contribution in [-0.4, -0.2) is 5.48 Å². The molecule has 0 saturated carbocycles. The maximum atomic E-state index is 8.48. The summed E-state index contributed by atoms with van der Waals surface area (Å²) < 4.78 is 0. The summed E-state index contributed by atoms with van der Waals surface area (Å²) in [5.41, 5.74) is 0. The summed E-state index contributed by atoms with van der Waals surface area (Å²) in [6.07, 6.45) is 0. The molecule has 0 rings (SSSR count). The minimum atomic E-state index is -3.37. The fourth-order valence-electron chi connectivity index (χ4n) is 0. The van der Waals surface area contributed by atoms with E-state index < -0.39 is 8.60 Å². The van der Waals surface area contributed by atoms with Crippen LogP contribution in [0.4, 0.5) is 0 Å². The van der Waals surface area contributed by atoms with Crippen LogP contribution in [0.3, 0.4) is 0 Å². The van der Waals surface area contributed by atoms with Crippen molar-refractivity contribution < 1.29 is 49.7 Å². The van der Waals surface area contributed by atoms with Gasteiger partial charge in [0, 0.05) is 0 Å². The molecule has 0 fully saturated rings. The van der Waals surface area contributed by atoms with E-state index in [0.717, 1.165) is 0 Å². The molecule has 0 aromatic heterocycles. The van der Waals surface area contributed by atoms with Crippen molar-refractivity contribution in [2.45, 2.75) is 0 Å². The Labute approximate surface area is 58.4 Å². The Bertz CT molecular complexity index is 12.3. The van der Waals surface area contributed by atoms with E-state index >= 15 is 0 Å². The molecule has 0 aromatic rings. The fraction of sp³-hybridized carbons (Fsp3) is 0. The van der Waals surface area contributed by atoms with Crippen LogP contribution in [0.1, 0.15) is 0 Å². The van der Waals surface area contributed by atoms with Gasteiger partial charge in [0.2, 0.25) is 0 Å². The first-order valence-corrected chi connectivity index (χ1v) is 1.64. The Morgan fingerprint density at radius 2 is 1.00 bits per heavy atom. The predicted octanol–water partition coefficient (Wildman–Crippen LogP) is -6.53. The van der Waals surface area contributed by atoms with Crippen LogP contribution in [-0.2, 0) is 0 Å². The number of hydrogen-bond acceptors (Lipinski definition) is 3. The Kier molecular flexibility index (Phi) is 25.0. The summed E-state index contributed by atoms with van der Waals surface area (Å²) in [6, 6.07) is 0. The average Bonchev–Trinajstić information content (AvgIpc) is 0.811. The zero-order valence-electron chi connectivity index (χ0n) is 3.17. The van der Waals surface area contributed by atoms with Gasteiger partial charge in [-0.25, -0.2) is 0 Å². The van der Waals surface area contributed by atoms with Crippen LogP contribution in [0.25, 0.3) is 0 Å². The largest absolute Gasteiger partial charge is 1.00 e. The Morgan fingerprint density at radius 3 is 1.00 bits per heavy atom. The maximum Gasteiger partial charge on any atom is 1.00 e. The molecule has 0 heterocycles. The summed E-state index contributed by atoms with van der Waals surface area (Å²) in [5, 5.41) is 0. The van der Waals surface area contributed by atoms with Gasteiger partial charge in [-0.15, -0.1) is 0 Å². The average molecular weight is 120 g/mol. The molecule has 4 nitrogen and oxygen atoms in total. The zero-order valence-corrected chi connectivity index (χ0v) is 6.07. The molecule has 0 bridgehead atoms. The monoisotopic (exact) mass is 120 g/mol. The number of hydrogen-bond donors (Lipinski definition) is 0. The fourth-order valence-corrected chi connectivity index (χ4v) is 0. The van der Waals surface area contributed by atoms with E-state index in [-0.39, 0.29) is 35.0 Å². The van der Waals surface area contributed by atoms with Crippen molar-refractivity contribution in [3.05, 3.63) is 0 Å². The molecular weight excluding hydrogens is 118 g/mol. The number of rotatable bonds is 0. The van der Waals surface area contributed by atoms with E-state index in [1.54, 1.807) is 0 Å². The van der Waals surface area contributed by atoms with Crippen LogP contribution in [0.2, 0.25) is 0 Å². The van der Waals surface area contributed by atoms with Gasteiger partial charge in [0.05, 0.1) is 0 Å². The molecule has 0 atom stereocenters. The van der Waals surface area contributed by atoms with Gasteiger partial charge in [0.1, 0.15) is 0 Å². The second-order valence-electron chi connectivity index (χ2n) is 0.224. The summed E-state index contributed by atoms with van der Waals surface area (Å²) >= 11 is 0. The molecule has 0 aliphatic heterocycles. The van der Waals surface area contributed by atoms with Gasteiger partial charge >= 0.3 is 29.6 Å². The van der Waals surface area contributed by atoms with Gasteiger partial charge in [-0.2, -0.15) is 0 Å². The smallest absolute Gasteiger partial charge is 0.854 e. The van der Waals surface area contributed by atoms with E-state index in [4.69, 9.17) is 14.7 Å². The van der Waals surface area contributed by atoms with Gasteiger partial charge in [-0.3, -0.25) is 0 Å². The van der Waals surface area contributed by atoms with Crippen molar-refractivity contribution in [1.82, 2.24) is 0 Å². The molecule has 6 heteroatoms. The van der Waals surface area contributed by atoms with Crippen LogP contribution < -0.4 is 44.2 Å². The maximum absolute atomic E-state index is 8.48. The second kappa shape index (κ2) is 9.55. The van der Waals surface area contributed by atoms with E-state index in [1.165, 1.54) is 0 Å². The van der Waals surface area contributed by atoms with Crippen LogP contribution in [0.15, 0.2) is 0 Å². The molecule has 34 valence electrons. The van der Waals surface area contributed by atoms with Gasteiger partial charge in [0.25, 0.3) is 0 Å². The SMILES string of the molecule is O.[Na+].[O-]P([O-])[O-]. The molecule has 6 heavy (non-hydrogen) atoms. The first-order chi connectivity index (χ1) is 1.73. The van der Waals surface area contributed by atoms with Crippen molar-refractivity contribution >= 4 is 8.60 Å². The summed E-state index contributed by atoms with van der Waals surface area (Å²) in [5.74, 6) is 0. The van der Waals surface area contributed by atoms with Gasteiger partial charge in [-0.05, 0) is 0 Å². The van der Waals surface area contributed by atoms with Crippen LogP contribution in [0.5, 0.6) is 0 Å². The van der Waals surface area contributed by atoms with E-state index in [2.05, 4.69) is 0 Å². The molecule has 0 aromatic carbocycles. The summed E-state index contributed by atoms with van der Waals surface area (Å²) in [4.78, 5) is 25.4. The normalized spacial score (nSPS) is 6.00. The molecular formula is H2NaO4P-2. The van der Waals surface area contributed by atoms with Crippen LogP contribution in [0, 0.1) is 0 Å². The van der Waals surface area contributed by atoms with Crippen molar-refractivity contribution in [2.24, 2.45) is 0 Å². The molecule has 0 aliphatic rings. The van der Waals surface area contributed by atoms with E-state index in [1.807, 2.05) is 0 Å². The quantitative estimate of drug-likeness (QED) is 0.234. The van der Waals surface area contributed by atoms with Crippen LogP contribution >= 0.6 is 8.60 Å². The molecule has 0 amide bonds. The van der Waals surface area contributed by atoms with Crippen molar-refractivity contribution in [2.75, 3.05) is 0 Å². The minimum Gasteiger partial charge on any atom is -0.854 e. The molecule has 0 saturated heterocycles. The topological polar surface area (TPSA) is 101 Å². The Balaban J connectivity index is -0.0000000450. The molecule has 0 spiro atoms. The molecule has 0 radical (unpaired) electrons. The van der Waals surface area contributed by atoms with Crippen molar-refractivity contribution in [3.8, 4) is 0 Å². The summed E-state index contributed by atoms with van der Waals surface area (Å²) in [7, 11) is -3.37. The predicted molar refractivity (Wildman–Crippen MR) is 10.5 cm³/mol. The van der Waals surface area contributed by atoms with Crippen molar-refractivity contribution in [1.29, 1.82) is 0 Å². The van der Waals surface area contributed by atoms with Gasteiger partial charge < -0.3 is 28.8 Å². The molecule has 0 aliphatic carbocycles. The first kappa shape index (κ1) is 15.7. The summed E-state index contributed by atoms with van der Waals surface area (Å²) in [6.45, 7) is 0. The Morgan fingerprint density at radius 1 is 1.00 bits per heavy atom. The third-order valence-corrected chi connectivity index (χ3v) is 0. The molecule has 2 N–H and O–H groups in total. The standard InChI is InChI=1S/Na.O3P.H2O/c;1-4(2)3;/h;;1H2/q+1;-3;. The van der Waals surface area contributed by atoms with Gasteiger partial charge in [0.15, 0.2) is 0 Å².